The van der Waals surface area contributed by atoms with Gasteiger partial charge in [-0.3, -0.25) is 22.6 Å². The Balaban J connectivity index is 2.34. The summed E-state index contributed by atoms with van der Waals surface area (Å²) in [5.41, 5.74) is 0. The second-order valence-electron chi connectivity index (χ2n) is 9.11. The molecule has 0 spiro atoms. The van der Waals surface area contributed by atoms with Crippen molar-refractivity contribution >= 4 is 23.0 Å². The van der Waals surface area contributed by atoms with Gasteiger partial charge in [-0.2, -0.15) is 65.9 Å². The van der Waals surface area contributed by atoms with Crippen LogP contribution in [-0.4, -0.2) is 70.0 Å². The van der Waals surface area contributed by atoms with E-state index in [1.165, 1.54) is 6.08 Å². The van der Waals surface area contributed by atoms with E-state index in [2.05, 4.69) is 36.2 Å². The van der Waals surface area contributed by atoms with Crippen LogP contribution in [0.4, 0.5) is 65.9 Å². The number of hydrogen-bond acceptors (Lipinski definition) is 9. The van der Waals surface area contributed by atoms with E-state index in [0.29, 0.717) is 0 Å². The van der Waals surface area contributed by atoms with Crippen molar-refractivity contribution in [3.63, 3.8) is 0 Å². The van der Waals surface area contributed by atoms with Gasteiger partial charge in [0.15, 0.2) is 33.0 Å². The number of fused-ring (bicyclic) bond motifs is 2. The predicted octanol–water partition coefficient (Wildman–Crippen LogP) is 9.71. The molecule has 44 heavy (non-hydrogen) atoms. The number of alkyl halides is 15. The van der Waals surface area contributed by atoms with Gasteiger partial charge in [-0.25, -0.2) is 0 Å². The van der Waals surface area contributed by atoms with Crippen molar-refractivity contribution in [2.45, 2.75) is 49.8 Å². The molecule has 258 valence electrons. The van der Waals surface area contributed by atoms with Crippen LogP contribution in [0, 0.1) is 11.8 Å². The van der Waals surface area contributed by atoms with Gasteiger partial charge in [0, 0.05) is 5.92 Å². The lowest BCUT2D eigenvalue weighted by atomic mass is 10.1. The van der Waals surface area contributed by atoms with E-state index in [9.17, 15) is 65.9 Å². The summed E-state index contributed by atoms with van der Waals surface area (Å²) in [5, 5.41) is 0. The van der Waals surface area contributed by atoms with E-state index in [4.69, 9.17) is 4.52 Å². The van der Waals surface area contributed by atoms with Crippen LogP contribution < -0.4 is 0 Å². The summed E-state index contributed by atoms with van der Waals surface area (Å²) >= 11 is 0. The van der Waals surface area contributed by atoms with E-state index in [1.807, 2.05) is 0 Å². The molecular formula is C17H19F15N3O6P3. The first-order valence-corrected chi connectivity index (χ1v) is 16.1. The van der Waals surface area contributed by atoms with E-state index in [1.54, 1.807) is 6.08 Å². The molecule has 9 nitrogen and oxygen atoms in total. The van der Waals surface area contributed by atoms with Crippen molar-refractivity contribution in [2.75, 3.05) is 33.0 Å². The normalized spacial score (nSPS) is 28.5. The number of halogens is 15. The zero-order chi connectivity index (χ0) is 33.5. The van der Waals surface area contributed by atoms with Crippen LogP contribution in [0.2, 0.25) is 0 Å². The number of nitrogens with zero attached hydrogens (tertiary/aromatic N) is 3. The molecule has 1 fully saturated rings. The third-order valence-corrected chi connectivity index (χ3v) is 13.4. The van der Waals surface area contributed by atoms with E-state index < -0.39 is 98.9 Å². The molecule has 3 aliphatic rings. The average molecular weight is 739 g/mol. The van der Waals surface area contributed by atoms with Crippen LogP contribution in [0.5, 0.6) is 0 Å². The maximum Gasteiger partial charge on any atom is 0.412 e. The van der Waals surface area contributed by atoms with Crippen LogP contribution in [0.3, 0.4) is 0 Å². The first kappa shape index (κ1) is 37.6. The van der Waals surface area contributed by atoms with Gasteiger partial charge in [-0.15, -0.1) is 13.5 Å². The van der Waals surface area contributed by atoms with Crippen LogP contribution >= 0.6 is 23.0 Å². The Morgan fingerprint density at radius 1 is 0.477 bits per heavy atom. The Bertz CT molecular complexity index is 1140. The Kier molecular flexibility index (Phi) is 11.1. The van der Waals surface area contributed by atoms with Crippen molar-refractivity contribution in [3.8, 4) is 0 Å². The Labute approximate surface area is 237 Å². The topological polar surface area (TPSA) is 92.5 Å². The highest BCUT2D eigenvalue weighted by atomic mass is 31.3. The fraction of sp³-hybridized carbons (Fsp3) is 0.882. The number of allylic oxidation sites excluding steroid dienone is 1. The van der Waals surface area contributed by atoms with Gasteiger partial charge in [-0.1, -0.05) is 12.2 Å². The molecule has 0 N–H and O–H groups in total. The van der Waals surface area contributed by atoms with Gasteiger partial charge < -0.3 is 4.52 Å². The SMILES string of the molecule is FC(F)(F)COP1(OCC(F)(F)F)=NP(OCC(F)(F)F)(OCC(F)(F)F)=NP(OCC(F)(F)F)(OC2CC3C=CC2C3)=N1. The number of rotatable bonds is 12. The van der Waals surface area contributed by atoms with Gasteiger partial charge in [0.2, 0.25) is 0 Å². The fourth-order valence-corrected chi connectivity index (χ4v) is 13.3. The van der Waals surface area contributed by atoms with Gasteiger partial charge in [-0.05, 0) is 18.8 Å². The van der Waals surface area contributed by atoms with Crippen LogP contribution in [0.15, 0.2) is 25.7 Å². The monoisotopic (exact) mass is 739 g/mol. The second-order valence-corrected chi connectivity index (χ2v) is 15.7. The summed E-state index contributed by atoms with van der Waals surface area (Å²) in [6, 6.07) is 0. The molecule has 1 aliphatic heterocycles. The maximum atomic E-state index is 13.3. The largest absolute Gasteiger partial charge is 0.412 e. The molecule has 2 bridgehead atoms. The quantitative estimate of drug-likeness (QED) is 0.113. The van der Waals surface area contributed by atoms with E-state index in [-0.39, 0.29) is 18.8 Å². The first-order chi connectivity index (χ1) is 19.7. The molecule has 0 saturated heterocycles. The van der Waals surface area contributed by atoms with Gasteiger partial charge >= 0.3 is 53.9 Å². The molecule has 1 heterocycles. The van der Waals surface area contributed by atoms with E-state index >= 15 is 0 Å². The second kappa shape index (κ2) is 13.0. The van der Waals surface area contributed by atoms with E-state index in [0.717, 1.165) is 0 Å². The van der Waals surface area contributed by atoms with Crippen molar-refractivity contribution in [1.82, 2.24) is 0 Å². The minimum Gasteiger partial charge on any atom is -0.302 e. The standard InChI is InChI=1S/C17H19F15N3O6P3/c18-13(19,20)5-36-42(37-6-14(21,22)23)33-43(38-7-15(24,25)26,39-8-16(27,28)29)35-44(34-42,40-9-17(30,31)32)41-12-4-10-1-2-11(12)3-10/h1-2,10-12H,3-9H2. The Morgan fingerprint density at radius 3 is 1.09 bits per heavy atom. The molecule has 0 amide bonds. The molecule has 1 saturated carbocycles. The Morgan fingerprint density at radius 2 is 0.795 bits per heavy atom. The molecule has 2 aliphatic carbocycles. The van der Waals surface area contributed by atoms with Crippen LogP contribution in [0.25, 0.3) is 0 Å². The lowest BCUT2D eigenvalue weighted by Gasteiger charge is -2.35. The third-order valence-electron chi connectivity index (χ3n) is 5.15. The molecule has 0 aromatic carbocycles. The van der Waals surface area contributed by atoms with Crippen molar-refractivity contribution in [3.05, 3.63) is 12.2 Å². The molecule has 3 rings (SSSR count). The Hall–Kier alpha value is -0.860. The van der Waals surface area contributed by atoms with Crippen LogP contribution in [-0.2, 0) is 27.1 Å². The van der Waals surface area contributed by atoms with Gasteiger partial charge in [0.25, 0.3) is 0 Å². The summed E-state index contributed by atoms with van der Waals surface area (Å²) in [6.07, 6.45) is -25.4. The molecule has 27 heteroatoms. The zero-order valence-electron chi connectivity index (χ0n) is 21.1. The molecule has 4 unspecified atom stereocenters. The predicted molar refractivity (Wildman–Crippen MR) is 118 cm³/mol. The highest BCUT2D eigenvalue weighted by Gasteiger charge is 2.51. The molecule has 4 atom stereocenters. The van der Waals surface area contributed by atoms with Gasteiger partial charge in [0.05, 0.1) is 6.10 Å². The minimum absolute atomic E-state index is 0.0863. The van der Waals surface area contributed by atoms with Gasteiger partial charge in [0.1, 0.15) is 0 Å². The summed E-state index contributed by atoms with van der Waals surface area (Å²) in [7, 11) is -17.5. The van der Waals surface area contributed by atoms with Crippen molar-refractivity contribution < 1.29 is 93.0 Å². The smallest absolute Gasteiger partial charge is 0.302 e. The third kappa shape index (κ3) is 12.1. The fourth-order valence-electron chi connectivity index (χ4n) is 3.70. The zero-order valence-corrected chi connectivity index (χ0v) is 23.8. The highest BCUT2D eigenvalue weighted by molar-refractivity contribution is 7.78. The molecule has 0 radical (unpaired) electrons. The summed E-state index contributed by atoms with van der Waals surface area (Å²) in [6.45, 7) is -13.1. The summed E-state index contributed by atoms with van der Waals surface area (Å²) in [5.74, 6) is -1.01. The van der Waals surface area contributed by atoms with Crippen LogP contribution in [0.1, 0.15) is 12.8 Å². The molecular weight excluding hydrogens is 720 g/mol. The molecule has 0 aromatic heterocycles. The summed E-state index contributed by atoms with van der Waals surface area (Å²) < 4.78 is 234. The van der Waals surface area contributed by atoms with Crippen molar-refractivity contribution in [1.29, 1.82) is 0 Å². The first-order valence-electron chi connectivity index (χ1n) is 11.5. The average Bonchev–Trinajstić information content (AvgIpc) is 3.44. The maximum absolute atomic E-state index is 13.3. The highest BCUT2D eigenvalue weighted by Crippen LogP contribution is 2.81. The lowest BCUT2D eigenvalue weighted by molar-refractivity contribution is -0.163. The number of hydrogen-bond donors (Lipinski definition) is 0. The summed E-state index contributed by atoms with van der Waals surface area (Å²) in [4.78, 5) is 0. The van der Waals surface area contributed by atoms with Crippen molar-refractivity contribution in [2.24, 2.45) is 25.4 Å². The minimum atomic E-state index is -5.95. The molecule has 0 aromatic rings. The lowest BCUT2D eigenvalue weighted by Crippen LogP contribution is -2.23.